The number of hydrogen-bond acceptors (Lipinski definition) is 2. The Balaban J connectivity index is 0.000000450. The van der Waals surface area contributed by atoms with Crippen LogP contribution in [-0.4, -0.2) is 19.4 Å². The van der Waals surface area contributed by atoms with Crippen LogP contribution in [0, 0.1) is 0 Å². The summed E-state index contributed by atoms with van der Waals surface area (Å²) in [6, 6.07) is 41.6. The summed E-state index contributed by atoms with van der Waals surface area (Å²) in [5, 5.41) is 0. The van der Waals surface area contributed by atoms with Crippen molar-refractivity contribution in [1.82, 2.24) is 0 Å². The molecule has 0 radical (unpaired) electrons. The lowest BCUT2D eigenvalue weighted by Gasteiger charge is -1.98. The molecule has 5 heteroatoms. The Kier molecular flexibility index (Phi) is 13.8. The van der Waals surface area contributed by atoms with E-state index in [9.17, 15) is 0 Å². The highest BCUT2D eigenvalue weighted by Crippen LogP contribution is 2.18. The van der Waals surface area contributed by atoms with Gasteiger partial charge in [0.05, 0.1) is 0 Å². The minimum absolute atomic E-state index is 0. The smallest absolute Gasteiger partial charge is 0.335 e. The highest BCUT2D eigenvalue weighted by atomic mass is 32.1. The van der Waals surface area contributed by atoms with Crippen LogP contribution in [-0.2, 0) is 11.6 Å². The fourth-order valence-electron chi connectivity index (χ4n) is 2.52. The SMILES string of the molecule is O.O.O=S=O.c1ccc(-c2ccccc2)cc1.c1ccc(-c2ccccc2)cc1. The molecule has 150 valence electrons. The molecule has 4 rings (SSSR count). The molecular formula is C24H24O4S. The van der Waals surface area contributed by atoms with Crippen LogP contribution in [0.5, 0.6) is 0 Å². The van der Waals surface area contributed by atoms with Crippen LogP contribution in [0.1, 0.15) is 0 Å². The Hall–Kier alpha value is -3.38. The van der Waals surface area contributed by atoms with Crippen molar-refractivity contribution in [2.45, 2.75) is 0 Å². The zero-order valence-electron chi connectivity index (χ0n) is 15.8. The monoisotopic (exact) mass is 408 g/mol. The molecule has 0 unspecified atom stereocenters. The zero-order chi connectivity index (χ0) is 19.2. The van der Waals surface area contributed by atoms with Crippen molar-refractivity contribution in [3.05, 3.63) is 121 Å². The van der Waals surface area contributed by atoms with Gasteiger partial charge in [-0.25, -0.2) is 0 Å². The first-order valence-electron chi connectivity index (χ1n) is 8.48. The van der Waals surface area contributed by atoms with E-state index in [1.807, 2.05) is 24.3 Å². The van der Waals surface area contributed by atoms with Crippen LogP contribution in [0.3, 0.4) is 0 Å². The van der Waals surface area contributed by atoms with E-state index in [1.165, 1.54) is 22.3 Å². The fraction of sp³-hybridized carbons (Fsp3) is 0. The van der Waals surface area contributed by atoms with Crippen LogP contribution in [0.15, 0.2) is 121 Å². The van der Waals surface area contributed by atoms with Gasteiger partial charge in [0.15, 0.2) is 0 Å². The molecule has 0 saturated heterocycles. The molecule has 0 amide bonds. The molecule has 0 bridgehead atoms. The summed E-state index contributed by atoms with van der Waals surface area (Å²) in [5.74, 6) is 0. The minimum Gasteiger partial charge on any atom is -0.412 e. The van der Waals surface area contributed by atoms with Gasteiger partial charge in [0, 0.05) is 0 Å². The third-order valence-corrected chi connectivity index (χ3v) is 3.76. The molecule has 0 aliphatic rings. The molecule has 4 aromatic rings. The van der Waals surface area contributed by atoms with Crippen molar-refractivity contribution in [1.29, 1.82) is 0 Å². The van der Waals surface area contributed by atoms with Crippen LogP contribution >= 0.6 is 0 Å². The summed E-state index contributed by atoms with van der Waals surface area (Å²) in [4.78, 5) is 0. The highest BCUT2D eigenvalue weighted by molar-refractivity contribution is 7.51. The Morgan fingerprint density at radius 3 is 0.621 bits per heavy atom. The van der Waals surface area contributed by atoms with Crippen molar-refractivity contribution in [3.8, 4) is 22.3 Å². The molecule has 0 aromatic heterocycles. The molecule has 4 nitrogen and oxygen atoms in total. The van der Waals surface area contributed by atoms with Gasteiger partial charge in [-0.3, -0.25) is 0 Å². The Morgan fingerprint density at radius 1 is 0.345 bits per heavy atom. The zero-order valence-corrected chi connectivity index (χ0v) is 16.6. The van der Waals surface area contributed by atoms with Crippen molar-refractivity contribution in [3.63, 3.8) is 0 Å². The quantitative estimate of drug-likeness (QED) is 0.491. The summed E-state index contributed by atoms with van der Waals surface area (Å²) < 4.78 is 16.6. The van der Waals surface area contributed by atoms with Crippen molar-refractivity contribution < 1.29 is 19.4 Å². The average Bonchev–Trinajstić information content (AvgIpc) is 2.77. The molecule has 4 aromatic carbocycles. The van der Waals surface area contributed by atoms with E-state index in [0.717, 1.165) is 0 Å². The summed E-state index contributed by atoms with van der Waals surface area (Å²) in [6.45, 7) is 0. The van der Waals surface area contributed by atoms with E-state index in [-0.39, 0.29) is 11.0 Å². The summed E-state index contributed by atoms with van der Waals surface area (Å²) in [7, 11) is 0. The predicted molar refractivity (Wildman–Crippen MR) is 120 cm³/mol. The molecule has 0 aliphatic heterocycles. The molecule has 0 fully saturated rings. The molecule has 4 N–H and O–H groups in total. The van der Waals surface area contributed by atoms with E-state index in [0.29, 0.717) is 0 Å². The van der Waals surface area contributed by atoms with E-state index in [4.69, 9.17) is 8.42 Å². The van der Waals surface area contributed by atoms with Gasteiger partial charge in [-0.2, -0.15) is 8.42 Å². The Morgan fingerprint density at radius 2 is 0.483 bits per heavy atom. The predicted octanol–water partition coefficient (Wildman–Crippen LogP) is 4.39. The Labute approximate surface area is 174 Å². The average molecular weight is 409 g/mol. The molecule has 29 heavy (non-hydrogen) atoms. The molecule has 0 saturated carbocycles. The summed E-state index contributed by atoms with van der Waals surface area (Å²) in [6.07, 6.45) is 0. The number of rotatable bonds is 2. The maximum Gasteiger partial charge on any atom is 0.335 e. The maximum absolute atomic E-state index is 8.29. The second kappa shape index (κ2) is 15.7. The molecule has 0 heterocycles. The Bertz CT molecular complexity index is 775. The van der Waals surface area contributed by atoms with E-state index < -0.39 is 11.6 Å². The van der Waals surface area contributed by atoms with Gasteiger partial charge < -0.3 is 11.0 Å². The maximum atomic E-state index is 8.29. The van der Waals surface area contributed by atoms with Crippen LogP contribution < -0.4 is 0 Å². The standard InChI is InChI=1S/2C12H10.O2S.2H2O/c2*1-3-7-11(8-4-1)12-9-5-2-6-10-12;1-3-2;;/h2*1-10H;;2*1H2. The second-order valence-corrected chi connectivity index (χ2v) is 5.67. The van der Waals surface area contributed by atoms with E-state index in [2.05, 4.69) is 97.1 Å². The first-order chi connectivity index (χ1) is 13.3. The van der Waals surface area contributed by atoms with E-state index >= 15 is 0 Å². The normalized spacial score (nSPS) is 8.41. The summed E-state index contributed by atoms with van der Waals surface area (Å²) in [5.41, 5.74) is 5.10. The lowest BCUT2D eigenvalue weighted by atomic mass is 10.1. The molecular weight excluding hydrogens is 384 g/mol. The topological polar surface area (TPSA) is 97.1 Å². The van der Waals surface area contributed by atoms with Crippen LogP contribution in [0.4, 0.5) is 0 Å². The van der Waals surface area contributed by atoms with Crippen molar-refractivity contribution in [2.75, 3.05) is 0 Å². The van der Waals surface area contributed by atoms with Crippen molar-refractivity contribution >= 4 is 11.6 Å². The van der Waals surface area contributed by atoms with Gasteiger partial charge >= 0.3 is 11.6 Å². The lowest BCUT2D eigenvalue weighted by molar-refractivity contribution is 0.630. The first-order valence-corrected chi connectivity index (χ1v) is 9.14. The second-order valence-electron chi connectivity index (χ2n) is 5.53. The van der Waals surface area contributed by atoms with Gasteiger partial charge in [-0.1, -0.05) is 121 Å². The third kappa shape index (κ3) is 9.39. The number of benzene rings is 4. The summed E-state index contributed by atoms with van der Waals surface area (Å²) >= 11 is -0.750. The largest absolute Gasteiger partial charge is 0.412 e. The fourth-order valence-corrected chi connectivity index (χ4v) is 2.52. The van der Waals surface area contributed by atoms with Gasteiger partial charge in [-0.05, 0) is 22.3 Å². The van der Waals surface area contributed by atoms with Gasteiger partial charge in [-0.15, -0.1) is 0 Å². The third-order valence-electron chi connectivity index (χ3n) is 3.76. The first kappa shape index (κ1) is 25.6. The van der Waals surface area contributed by atoms with Gasteiger partial charge in [0.2, 0.25) is 0 Å². The van der Waals surface area contributed by atoms with Gasteiger partial charge in [0.25, 0.3) is 0 Å². The molecule has 0 spiro atoms. The van der Waals surface area contributed by atoms with Crippen molar-refractivity contribution in [2.24, 2.45) is 0 Å². The number of hydrogen-bond donors (Lipinski definition) is 0. The van der Waals surface area contributed by atoms with Crippen LogP contribution in [0.25, 0.3) is 22.3 Å². The highest BCUT2D eigenvalue weighted by Gasteiger charge is 1.92. The molecule has 0 atom stereocenters. The van der Waals surface area contributed by atoms with E-state index in [1.54, 1.807) is 0 Å². The minimum atomic E-state index is -0.750. The van der Waals surface area contributed by atoms with Crippen LogP contribution in [0.2, 0.25) is 0 Å². The lowest BCUT2D eigenvalue weighted by Crippen LogP contribution is -1.73. The van der Waals surface area contributed by atoms with Gasteiger partial charge in [0.1, 0.15) is 0 Å². The molecule has 0 aliphatic carbocycles.